The highest BCUT2D eigenvalue weighted by molar-refractivity contribution is 4.58. The zero-order valence-corrected chi connectivity index (χ0v) is 64.4. The molecule has 91 heavy (non-hydrogen) atoms. The molecule has 0 aliphatic heterocycles. The summed E-state index contributed by atoms with van der Waals surface area (Å²) < 4.78 is 0. The highest BCUT2D eigenvalue weighted by Crippen LogP contribution is 2.23. The minimum absolute atomic E-state index is 0.375. The molecule has 0 bridgehead atoms. The van der Waals surface area contributed by atoms with Crippen molar-refractivity contribution in [2.75, 3.05) is 6.61 Å². The summed E-state index contributed by atoms with van der Waals surface area (Å²) in [7, 11) is 0. The monoisotopic (exact) mass is 1280 g/mol. The Labute approximate surface area is 580 Å². The predicted octanol–water partition coefficient (Wildman–Crippen LogP) is 34.3. The molecule has 1 heteroatoms. The molecule has 0 radical (unpaired) electrons. The lowest BCUT2D eigenvalue weighted by atomic mass is 10.0. The molecule has 0 atom stereocenters. The Morgan fingerprint density at radius 1 is 0.0879 bits per heavy atom. The summed E-state index contributed by atoms with van der Waals surface area (Å²) >= 11 is 0. The summed E-state index contributed by atoms with van der Waals surface area (Å²) in [6.45, 7) is 2.69. The molecule has 0 heterocycles. The molecule has 0 aromatic carbocycles. The Morgan fingerprint density at radius 3 is 0.198 bits per heavy atom. The second kappa shape index (κ2) is 90.0. The lowest BCUT2D eigenvalue weighted by Crippen LogP contribution is -1.85. The van der Waals surface area contributed by atoms with Crippen LogP contribution in [0, 0.1) is 0 Å². The van der Waals surface area contributed by atoms with Gasteiger partial charge in [0.2, 0.25) is 0 Å². The summed E-state index contributed by atoms with van der Waals surface area (Å²) in [5.41, 5.74) is 0. The normalized spacial score (nSPS) is 11.8. The van der Waals surface area contributed by atoms with Gasteiger partial charge in [-0.2, -0.15) is 0 Å². The molecule has 548 valence electrons. The molecule has 1 N–H and O–H groups in total. The second-order valence-electron chi connectivity index (χ2n) is 31.5. The van der Waals surface area contributed by atoms with Crippen LogP contribution in [0.25, 0.3) is 0 Å². The third-order valence-corrected chi connectivity index (χ3v) is 22.0. The van der Waals surface area contributed by atoms with Crippen LogP contribution in [0.1, 0.15) is 572 Å². The van der Waals surface area contributed by atoms with Crippen molar-refractivity contribution in [2.24, 2.45) is 0 Å². The van der Waals surface area contributed by atoms with Crippen molar-refractivity contribution in [3.05, 3.63) is 0 Å². The molecule has 0 rings (SSSR count). The average Bonchev–Trinajstić information content (AvgIpc) is 3.56. The molecule has 0 fully saturated rings. The Kier molecular flexibility index (Phi) is 89.9. The van der Waals surface area contributed by atoms with Gasteiger partial charge in [0.25, 0.3) is 0 Å². The van der Waals surface area contributed by atoms with Crippen molar-refractivity contribution in [3.63, 3.8) is 0 Å². The van der Waals surface area contributed by atoms with Gasteiger partial charge >= 0.3 is 0 Å². The van der Waals surface area contributed by atoms with E-state index >= 15 is 0 Å². The summed E-state index contributed by atoms with van der Waals surface area (Å²) in [6, 6.07) is 0. The first-order valence-corrected chi connectivity index (χ1v) is 45.0. The van der Waals surface area contributed by atoms with Gasteiger partial charge in [-0.05, 0) is 6.42 Å². The van der Waals surface area contributed by atoms with E-state index in [0.29, 0.717) is 6.61 Å². The van der Waals surface area contributed by atoms with Crippen LogP contribution in [0.4, 0.5) is 0 Å². The quantitative estimate of drug-likeness (QED) is 0.0602. The van der Waals surface area contributed by atoms with Gasteiger partial charge < -0.3 is 5.11 Å². The third kappa shape index (κ3) is 90.0. The van der Waals surface area contributed by atoms with E-state index in [2.05, 4.69) is 6.92 Å². The Balaban J connectivity index is 3.09. The molecular formula is C90H182O. The van der Waals surface area contributed by atoms with Gasteiger partial charge in [0.15, 0.2) is 0 Å². The van der Waals surface area contributed by atoms with Crippen molar-refractivity contribution < 1.29 is 5.11 Å². The Hall–Kier alpha value is -0.0400. The molecule has 0 unspecified atom stereocenters. The van der Waals surface area contributed by atoms with Crippen molar-refractivity contribution in [3.8, 4) is 0 Å². The van der Waals surface area contributed by atoms with Gasteiger partial charge in [0, 0.05) is 6.61 Å². The molecule has 0 aromatic heterocycles. The van der Waals surface area contributed by atoms with Gasteiger partial charge in [0.05, 0.1) is 0 Å². The van der Waals surface area contributed by atoms with Crippen molar-refractivity contribution in [1.29, 1.82) is 0 Å². The van der Waals surface area contributed by atoms with Gasteiger partial charge in [-0.3, -0.25) is 0 Å². The van der Waals surface area contributed by atoms with E-state index in [1.54, 1.807) is 0 Å². The van der Waals surface area contributed by atoms with Crippen molar-refractivity contribution in [1.82, 2.24) is 0 Å². The topological polar surface area (TPSA) is 20.2 Å². The minimum atomic E-state index is 0.375. The lowest BCUT2D eigenvalue weighted by molar-refractivity contribution is 0.282. The van der Waals surface area contributed by atoms with Gasteiger partial charge in [0.1, 0.15) is 0 Å². The van der Waals surface area contributed by atoms with Crippen molar-refractivity contribution >= 4 is 0 Å². The first kappa shape index (κ1) is 91.0. The number of hydrogen-bond acceptors (Lipinski definition) is 1. The zero-order chi connectivity index (χ0) is 64.9. The maximum Gasteiger partial charge on any atom is 0.0431 e. The molecule has 0 saturated heterocycles. The van der Waals surface area contributed by atoms with Crippen LogP contribution in [0.15, 0.2) is 0 Å². The SMILES string of the molecule is CCCCCCCCCCCCCCCCCCCCCCCCCCCCCCCCCCCCCCCCCCCCCCCCCCCCCCCCCCCCCCCCCCCCCCCCCCCCCCCCCCCCCCCCCCO. The fourth-order valence-electron chi connectivity index (χ4n) is 15.4. The van der Waals surface area contributed by atoms with Gasteiger partial charge in [-0.15, -0.1) is 0 Å². The highest BCUT2D eigenvalue weighted by Gasteiger charge is 2.03. The smallest absolute Gasteiger partial charge is 0.0431 e. The van der Waals surface area contributed by atoms with Crippen LogP contribution >= 0.6 is 0 Å². The molecule has 1 nitrogen and oxygen atoms in total. The first-order valence-electron chi connectivity index (χ1n) is 45.0. The van der Waals surface area contributed by atoms with Crippen molar-refractivity contribution in [2.45, 2.75) is 572 Å². The summed E-state index contributed by atoms with van der Waals surface area (Å²) in [4.78, 5) is 0. The standard InChI is InChI=1S/C90H182O/c1-2-3-4-5-6-7-8-9-10-11-12-13-14-15-16-17-18-19-20-21-22-23-24-25-26-27-28-29-30-31-32-33-34-35-36-37-38-39-40-41-42-43-44-45-46-47-48-49-50-51-52-53-54-55-56-57-58-59-60-61-62-63-64-65-66-67-68-69-70-71-72-73-74-75-76-77-78-79-80-81-82-83-84-85-86-87-88-89-90-91/h91H,2-90H2,1H3. The van der Waals surface area contributed by atoms with E-state index in [0.717, 1.165) is 6.42 Å². The molecule has 0 aliphatic rings. The van der Waals surface area contributed by atoms with E-state index in [-0.39, 0.29) is 0 Å². The van der Waals surface area contributed by atoms with Crippen LogP contribution in [0.3, 0.4) is 0 Å². The minimum Gasteiger partial charge on any atom is -0.396 e. The lowest BCUT2D eigenvalue weighted by Gasteiger charge is -2.05. The molecule has 0 aromatic rings. The first-order chi connectivity index (χ1) is 45.4. The third-order valence-electron chi connectivity index (χ3n) is 22.0. The highest BCUT2D eigenvalue weighted by atomic mass is 16.2. The van der Waals surface area contributed by atoms with Crippen LogP contribution in [-0.2, 0) is 0 Å². The fourth-order valence-corrected chi connectivity index (χ4v) is 15.4. The van der Waals surface area contributed by atoms with Crippen LogP contribution in [0.5, 0.6) is 0 Å². The molecule has 0 amide bonds. The van der Waals surface area contributed by atoms with Gasteiger partial charge in [-0.25, -0.2) is 0 Å². The zero-order valence-electron chi connectivity index (χ0n) is 64.4. The van der Waals surface area contributed by atoms with E-state index in [9.17, 15) is 0 Å². The largest absolute Gasteiger partial charge is 0.396 e. The maximum atomic E-state index is 8.85. The van der Waals surface area contributed by atoms with E-state index < -0.39 is 0 Å². The van der Waals surface area contributed by atoms with Gasteiger partial charge in [-0.1, -0.05) is 566 Å². The number of unbranched alkanes of at least 4 members (excludes halogenated alkanes) is 87. The Morgan fingerprint density at radius 2 is 0.143 bits per heavy atom. The summed E-state index contributed by atoms with van der Waals surface area (Å²) in [5.74, 6) is 0. The van der Waals surface area contributed by atoms with Crippen LogP contribution in [-0.4, -0.2) is 11.7 Å². The van der Waals surface area contributed by atoms with E-state index in [4.69, 9.17) is 5.11 Å². The number of aliphatic hydroxyl groups excluding tert-OH is 1. The summed E-state index contributed by atoms with van der Waals surface area (Å²) in [5, 5.41) is 8.85. The average molecular weight is 1280 g/mol. The number of rotatable bonds is 88. The van der Waals surface area contributed by atoms with Crippen LogP contribution in [0.2, 0.25) is 0 Å². The summed E-state index contributed by atoms with van der Waals surface area (Å²) in [6.07, 6.45) is 130. The second-order valence-corrected chi connectivity index (χ2v) is 31.5. The molecule has 0 spiro atoms. The molecular weight excluding hydrogens is 1100 g/mol. The molecule has 0 saturated carbocycles. The fraction of sp³-hybridized carbons (Fsp3) is 1.00. The molecule has 0 aliphatic carbocycles. The van der Waals surface area contributed by atoms with E-state index in [1.807, 2.05) is 0 Å². The Bertz CT molecular complexity index is 1070. The predicted molar refractivity (Wildman–Crippen MR) is 419 cm³/mol. The number of hydrogen-bond donors (Lipinski definition) is 1. The van der Waals surface area contributed by atoms with E-state index in [1.165, 1.54) is 559 Å². The van der Waals surface area contributed by atoms with Crippen LogP contribution < -0.4 is 0 Å². The number of aliphatic hydroxyl groups is 1. The maximum absolute atomic E-state index is 8.85.